The minimum absolute atomic E-state index is 0. The fourth-order valence-electron chi connectivity index (χ4n) is 4.68. The Labute approximate surface area is 215 Å². The molecule has 1 saturated heterocycles. The lowest BCUT2D eigenvalue weighted by Gasteiger charge is -2.38. The molecule has 0 unspecified atom stereocenters. The lowest BCUT2D eigenvalue weighted by molar-refractivity contribution is -0.131. The predicted molar refractivity (Wildman–Crippen MR) is 146 cm³/mol. The summed E-state index contributed by atoms with van der Waals surface area (Å²) in [5.74, 6) is 1.17. The highest BCUT2D eigenvalue weighted by molar-refractivity contribution is 14.0. The number of hydrogen-bond acceptors (Lipinski definition) is 3. The van der Waals surface area contributed by atoms with Gasteiger partial charge >= 0.3 is 0 Å². The molecule has 0 bridgehead atoms. The molecule has 0 aliphatic carbocycles. The van der Waals surface area contributed by atoms with Crippen LogP contribution in [0.15, 0.2) is 47.5 Å². The van der Waals surface area contributed by atoms with Crippen molar-refractivity contribution in [3.63, 3.8) is 0 Å². The van der Waals surface area contributed by atoms with Gasteiger partial charge in [0.25, 0.3) is 0 Å². The van der Waals surface area contributed by atoms with E-state index in [-0.39, 0.29) is 29.9 Å². The smallest absolute Gasteiger partial charge is 0.223 e. The first-order chi connectivity index (χ1) is 15.6. The van der Waals surface area contributed by atoms with Gasteiger partial charge in [-0.1, -0.05) is 36.4 Å². The van der Waals surface area contributed by atoms with Gasteiger partial charge in [-0.2, -0.15) is 0 Å². The Kier molecular flexibility index (Phi) is 9.00. The van der Waals surface area contributed by atoms with Crippen molar-refractivity contribution in [2.75, 3.05) is 44.7 Å². The van der Waals surface area contributed by atoms with Crippen LogP contribution in [0.4, 0.5) is 5.69 Å². The summed E-state index contributed by atoms with van der Waals surface area (Å²) in [7, 11) is 1.84. The maximum Gasteiger partial charge on any atom is 0.223 e. The van der Waals surface area contributed by atoms with Gasteiger partial charge in [-0.05, 0) is 48.6 Å². The molecule has 0 spiro atoms. The molecule has 0 atom stereocenters. The molecular formula is C26H36IN5O. The van der Waals surface area contributed by atoms with Gasteiger partial charge in [-0.25, -0.2) is 0 Å². The number of nitrogens with zero attached hydrogens (tertiary/aromatic N) is 4. The zero-order valence-electron chi connectivity index (χ0n) is 20.0. The number of fused-ring (bicyclic) bond motifs is 1. The summed E-state index contributed by atoms with van der Waals surface area (Å²) < 4.78 is 0. The van der Waals surface area contributed by atoms with Gasteiger partial charge in [0.05, 0.1) is 0 Å². The quantitative estimate of drug-likeness (QED) is 0.260. The first kappa shape index (κ1) is 25.3. The first-order valence-corrected chi connectivity index (χ1v) is 11.7. The summed E-state index contributed by atoms with van der Waals surface area (Å²) in [5, 5.41) is 3.46. The maximum absolute atomic E-state index is 12.6. The second-order valence-electron chi connectivity index (χ2n) is 8.79. The molecule has 2 heterocycles. The van der Waals surface area contributed by atoms with Crippen molar-refractivity contribution in [3.8, 4) is 0 Å². The Morgan fingerprint density at radius 2 is 1.61 bits per heavy atom. The third kappa shape index (κ3) is 5.99. The number of benzene rings is 2. The number of aliphatic imine (C=N–C) groups is 1. The zero-order chi connectivity index (χ0) is 22.5. The number of aryl methyl sites for hydroxylation is 1. The van der Waals surface area contributed by atoms with E-state index >= 15 is 0 Å². The molecule has 1 amide bonds. The standard InChI is InChI=1S/C26H35N5O.HI/c1-20-8-6-11-24(21(20)2)29-14-16-30(17-15-29)26(27-3)28-13-7-12-25(32)31-18-22-9-4-5-10-23(22)19-31;/h4-6,8-11H,7,12-19H2,1-3H3,(H,27,28);1H. The van der Waals surface area contributed by atoms with E-state index in [0.29, 0.717) is 6.42 Å². The second-order valence-corrected chi connectivity index (χ2v) is 8.79. The number of carbonyl (C=O) groups excluding carboxylic acids is 1. The predicted octanol–water partition coefficient (Wildman–Crippen LogP) is 3.94. The fourth-order valence-corrected chi connectivity index (χ4v) is 4.68. The Hall–Kier alpha value is -2.29. The first-order valence-electron chi connectivity index (χ1n) is 11.7. The van der Waals surface area contributed by atoms with E-state index in [1.165, 1.54) is 27.9 Å². The highest BCUT2D eigenvalue weighted by Crippen LogP contribution is 2.24. The molecule has 1 N–H and O–H groups in total. The highest BCUT2D eigenvalue weighted by Gasteiger charge is 2.23. The SMILES string of the molecule is CN=C(NCCCC(=O)N1Cc2ccccc2C1)N1CCN(c2cccc(C)c2C)CC1.I. The summed E-state index contributed by atoms with van der Waals surface area (Å²) >= 11 is 0. The van der Waals surface area contributed by atoms with Gasteiger partial charge in [0.1, 0.15) is 0 Å². The van der Waals surface area contributed by atoms with Crippen molar-refractivity contribution in [2.24, 2.45) is 4.99 Å². The lowest BCUT2D eigenvalue weighted by Crippen LogP contribution is -2.52. The number of hydrogen-bond donors (Lipinski definition) is 1. The van der Waals surface area contributed by atoms with Crippen molar-refractivity contribution < 1.29 is 4.79 Å². The third-order valence-electron chi connectivity index (χ3n) is 6.75. The topological polar surface area (TPSA) is 51.2 Å². The number of piperazine rings is 1. The number of guanidine groups is 1. The molecule has 1 fully saturated rings. The van der Waals surface area contributed by atoms with Crippen LogP contribution in [0.3, 0.4) is 0 Å². The van der Waals surface area contributed by atoms with Gasteiger partial charge in [0.15, 0.2) is 5.96 Å². The molecule has 0 saturated carbocycles. The molecule has 4 rings (SSSR count). The van der Waals surface area contributed by atoms with E-state index in [0.717, 1.165) is 58.2 Å². The van der Waals surface area contributed by atoms with Crippen molar-refractivity contribution in [1.82, 2.24) is 15.1 Å². The molecule has 6 nitrogen and oxygen atoms in total. The number of rotatable bonds is 5. The summed E-state index contributed by atoms with van der Waals surface area (Å²) in [6.07, 6.45) is 1.38. The Bertz CT molecular complexity index is 959. The molecule has 2 aliphatic heterocycles. The summed E-state index contributed by atoms with van der Waals surface area (Å²) in [5.41, 5.74) is 6.61. The Morgan fingerprint density at radius 3 is 2.24 bits per heavy atom. The summed E-state index contributed by atoms with van der Waals surface area (Å²) in [6, 6.07) is 14.9. The monoisotopic (exact) mass is 561 g/mol. The van der Waals surface area contributed by atoms with Crippen LogP contribution >= 0.6 is 24.0 Å². The van der Waals surface area contributed by atoms with Crippen molar-refractivity contribution in [2.45, 2.75) is 39.8 Å². The van der Waals surface area contributed by atoms with E-state index in [9.17, 15) is 4.79 Å². The fraction of sp³-hybridized carbons (Fsp3) is 0.462. The molecule has 2 aromatic rings. The number of nitrogens with one attached hydrogen (secondary N) is 1. The average Bonchev–Trinajstić information content (AvgIpc) is 3.26. The van der Waals surface area contributed by atoms with E-state index in [2.05, 4.69) is 64.3 Å². The van der Waals surface area contributed by atoms with Crippen LogP contribution in [0, 0.1) is 13.8 Å². The second kappa shape index (κ2) is 11.7. The van der Waals surface area contributed by atoms with E-state index < -0.39 is 0 Å². The van der Waals surface area contributed by atoms with Crippen LogP contribution < -0.4 is 10.2 Å². The molecular weight excluding hydrogens is 525 g/mol. The van der Waals surface area contributed by atoms with Crippen LogP contribution in [0.2, 0.25) is 0 Å². The zero-order valence-corrected chi connectivity index (χ0v) is 22.3. The Balaban J connectivity index is 0.00000306. The number of anilines is 1. The van der Waals surface area contributed by atoms with Gasteiger partial charge < -0.3 is 20.0 Å². The minimum Gasteiger partial charge on any atom is -0.368 e. The maximum atomic E-state index is 12.6. The van der Waals surface area contributed by atoms with Crippen molar-refractivity contribution in [1.29, 1.82) is 0 Å². The van der Waals surface area contributed by atoms with E-state index in [1.807, 2.05) is 24.1 Å². The van der Waals surface area contributed by atoms with Crippen molar-refractivity contribution in [3.05, 3.63) is 64.7 Å². The van der Waals surface area contributed by atoms with E-state index in [1.54, 1.807) is 0 Å². The normalized spacial score (nSPS) is 15.8. The lowest BCUT2D eigenvalue weighted by atomic mass is 10.1. The van der Waals surface area contributed by atoms with Crippen molar-refractivity contribution >= 4 is 41.5 Å². The van der Waals surface area contributed by atoms with Crippen LogP contribution in [-0.2, 0) is 17.9 Å². The van der Waals surface area contributed by atoms with Crippen LogP contribution in [0.1, 0.15) is 35.1 Å². The molecule has 178 valence electrons. The molecule has 7 heteroatoms. The summed E-state index contributed by atoms with van der Waals surface area (Å²) in [4.78, 5) is 23.8. The number of amides is 1. The van der Waals surface area contributed by atoms with E-state index in [4.69, 9.17) is 0 Å². The Morgan fingerprint density at radius 1 is 0.939 bits per heavy atom. The van der Waals surface area contributed by atoms with Gasteiger partial charge in [0.2, 0.25) is 5.91 Å². The molecule has 2 aromatic carbocycles. The summed E-state index contributed by atoms with van der Waals surface area (Å²) in [6.45, 7) is 10.5. The van der Waals surface area contributed by atoms with Crippen LogP contribution in [0.5, 0.6) is 0 Å². The molecule has 0 aromatic heterocycles. The molecule has 33 heavy (non-hydrogen) atoms. The van der Waals surface area contributed by atoms with Gasteiger partial charge in [-0.3, -0.25) is 9.79 Å². The van der Waals surface area contributed by atoms with Crippen LogP contribution in [-0.4, -0.2) is 61.4 Å². The van der Waals surface area contributed by atoms with Gasteiger partial charge in [0, 0.05) is 65.0 Å². The highest BCUT2D eigenvalue weighted by atomic mass is 127. The third-order valence-corrected chi connectivity index (χ3v) is 6.75. The van der Waals surface area contributed by atoms with Crippen LogP contribution in [0.25, 0.3) is 0 Å². The molecule has 2 aliphatic rings. The average molecular weight is 562 g/mol. The minimum atomic E-state index is 0. The van der Waals surface area contributed by atoms with Gasteiger partial charge in [-0.15, -0.1) is 24.0 Å². The number of halogens is 1. The molecule has 0 radical (unpaired) electrons. The largest absolute Gasteiger partial charge is 0.368 e. The number of carbonyl (C=O) groups is 1.